The molecule has 2 aromatic rings. The average molecular weight is 301 g/mol. The SMILES string of the molecule is CNc1cc(N2CCC[C@H]2CNCc2cn[nH]c2C)ncn1. The molecule has 0 unspecified atom stereocenters. The van der Waals surface area contributed by atoms with Gasteiger partial charge in [0.25, 0.3) is 0 Å². The molecular formula is C15H23N7. The Kier molecular flexibility index (Phi) is 4.53. The summed E-state index contributed by atoms with van der Waals surface area (Å²) < 4.78 is 0. The summed E-state index contributed by atoms with van der Waals surface area (Å²) in [6.07, 6.45) is 5.91. The molecule has 0 aromatic carbocycles. The number of aromatic nitrogens is 4. The zero-order chi connectivity index (χ0) is 15.4. The number of anilines is 2. The van der Waals surface area contributed by atoms with Gasteiger partial charge in [-0.1, -0.05) is 0 Å². The van der Waals surface area contributed by atoms with Crippen LogP contribution in [0.1, 0.15) is 24.1 Å². The molecule has 1 aliphatic rings. The smallest absolute Gasteiger partial charge is 0.134 e. The zero-order valence-corrected chi connectivity index (χ0v) is 13.1. The molecule has 3 N–H and O–H groups in total. The summed E-state index contributed by atoms with van der Waals surface area (Å²) in [6, 6.07) is 2.49. The Bertz CT molecular complexity index is 609. The van der Waals surface area contributed by atoms with Gasteiger partial charge >= 0.3 is 0 Å². The fraction of sp³-hybridized carbons (Fsp3) is 0.533. The van der Waals surface area contributed by atoms with Crippen LogP contribution >= 0.6 is 0 Å². The first kappa shape index (κ1) is 14.8. The lowest BCUT2D eigenvalue weighted by atomic mass is 10.2. The lowest BCUT2D eigenvalue weighted by Gasteiger charge is -2.26. The third-order valence-electron chi connectivity index (χ3n) is 4.21. The largest absolute Gasteiger partial charge is 0.373 e. The van der Waals surface area contributed by atoms with E-state index in [-0.39, 0.29) is 0 Å². The Labute approximate surface area is 130 Å². The molecule has 118 valence electrons. The molecule has 0 radical (unpaired) electrons. The molecule has 0 spiro atoms. The van der Waals surface area contributed by atoms with Crippen LogP contribution in [-0.4, -0.2) is 46.3 Å². The van der Waals surface area contributed by atoms with Crippen LogP contribution in [0.5, 0.6) is 0 Å². The number of nitrogens with one attached hydrogen (secondary N) is 3. The lowest BCUT2D eigenvalue weighted by Crippen LogP contribution is -2.38. The van der Waals surface area contributed by atoms with Gasteiger partial charge in [-0.3, -0.25) is 5.10 Å². The van der Waals surface area contributed by atoms with Gasteiger partial charge in [0.1, 0.15) is 18.0 Å². The van der Waals surface area contributed by atoms with Gasteiger partial charge in [0.2, 0.25) is 0 Å². The van der Waals surface area contributed by atoms with Gasteiger partial charge < -0.3 is 15.5 Å². The van der Waals surface area contributed by atoms with E-state index in [9.17, 15) is 0 Å². The van der Waals surface area contributed by atoms with Crippen molar-refractivity contribution in [1.29, 1.82) is 0 Å². The van der Waals surface area contributed by atoms with E-state index in [2.05, 4.69) is 35.7 Å². The third kappa shape index (κ3) is 3.19. The Morgan fingerprint density at radius 2 is 2.32 bits per heavy atom. The molecule has 3 heterocycles. The number of aryl methyl sites for hydroxylation is 1. The van der Waals surface area contributed by atoms with E-state index < -0.39 is 0 Å². The summed E-state index contributed by atoms with van der Waals surface area (Å²) >= 11 is 0. The highest BCUT2D eigenvalue weighted by atomic mass is 15.2. The summed E-state index contributed by atoms with van der Waals surface area (Å²) in [4.78, 5) is 11.0. The van der Waals surface area contributed by atoms with Crippen molar-refractivity contribution < 1.29 is 0 Å². The Morgan fingerprint density at radius 3 is 3.09 bits per heavy atom. The van der Waals surface area contributed by atoms with Crippen LogP contribution in [0.3, 0.4) is 0 Å². The minimum Gasteiger partial charge on any atom is -0.373 e. The highest BCUT2D eigenvalue weighted by Crippen LogP contribution is 2.24. The van der Waals surface area contributed by atoms with Crippen LogP contribution in [0.2, 0.25) is 0 Å². The third-order valence-corrected chi connectivity index (χ3v) is 4.21. The van der Waals surface area contributed by atoms with E-state index in [0.717, 1.165) is 37.0 Å². The van der Waals surface area contributed by atoms with Crippen molar-refractivity contribution in [1.82, 2.24) is 25.5 Å². The van der Waals surface area contributed by atoms with Crippen molar-refractivity contribution in [2.75, 3.05) is 30.4 Å². The first-order chi connectivity index (χ1) is 10.8. The highest BCUT2D eigenvalue weighted by Gasteiger charge is 2.25. The second kappa shape index (κ2) is 6.74. The maximum Gasteiger partial charge on any atom is 0.134 e. The molecule has 2 aromatic heterocycles. The van der Waals surface area contributed by atoms with Gasteiger partial charge in [-0.05, 0) is 19.8 Å². The van der Waals surface area contributed by atoms with Gasteiger partial charge in [-0.25, -0.2) is 9.97 Å². The minimum absolute atomic E-state index is 0.479. The number of H-pyrrole nitrogens is 1. The Morgan fingerprint density at radius 1 is 1.41 bits per heavy atom. The van der Waals surface area contributed by atoms with E-state index in [1.807, 2.05) is 26.2 Å². The topological polar surface area (TPSA) is 81.8 Å². The predicted octanol–water partition coefficient (Wildman–Crippen LogP) is 1.31. The van der Waals surface area contributed by atoms with E-state index in [0.29, 0.717) is 6.04 Å². The summed E-state index contributed by atoms with van der Waals surface area (Å²) in [5, 5.41) is 13.6. The first-order valence-corrected chi connectivity index (χ1v) is 7.74. The van der Waals surface area contributed by atoms with Crippen molar-refractivity contribution in [2.45, 2.75) is 32.4 Å². The summed E-state index contributed by atoms with van der Waals surface area (Å²) in [5.74, 6) is 1.86. The number of hydrogen-bond donors (Lipinski definition) is 3. The molecule has 1 aliphatic heterocycles. The normalized spacial score (nSPS) is 17.9. The van der Waals surface area contributed by atoms with Gasteiger partial charge in [-0.15, -0.1) is 0 Å². The van der Waals surface area contributed by atoms with Gasteiger partial charge in [-0.2, -0.15) is 5.10 Å². The Hall–Kier alpha value is -2.15. The number of hydrogen-bond acceptors (Lipinski definition) is 6. The molecule has 0 aliphatic carbocycles. The van der Waals surface area contributed by atoms with E-state index in [4.69, 9.17) is 0 Å². The molecule has 0 bridgehead atoms. The molecular weight excluding hydrogens is 278 g/mol. The van der Waals surface area contributed by atoms with Crippen molar-refractivity contribution in [3.8, 4) is 0 Å². The molecule has 7 nitrogen and oxygen atoms in total. The minimum atomic E-state index is 0.479. The van der Waals surface area contributed by atoms with Crippen LogP contribution < -0.4 is 15.5 Å². The molecule has 1 saturated heterocycles. The second-order valence-corrected chi connectivity index (χ2v) is 5.65. The maximum absolute atomic E-state index is 4.42. The van der Waals surface area contributed by atoms with Gasteiger partial charge in [0.15, 0.2) is 0 Å². The van der Waals surface area contributed by atoms with Crippen LogP contribution in [-0.2, 0) is 6.54 Å². The zero-order valence-electron chi connectivity index (χ0n) is 13.1. The van der Waals surface area contributed by atoms with Crippen molar-refractivity contribution >= 4 is 11.6 Å². The van der Waals surface area contributed by atoms with E-state index in [1.54, 1.807) is 6.33 Å². The van der Waals surface area contributed by atoms with Crippen LogP contribution in [0.25, 0.3) is 0 Å². The molecule has 0 saturated carbocycles. The monoisotopic (exact) mass is 301 g/mol. The van der Waals surface area contributed by atoms with Gasteiger partial charge in [0.05, 0.1) is 6.20 Å². The highest BCUT2D eigenvalue weighted by molar-refractivity contribution is 5.49. The molecule has 7 heteroatoms. The summed E-state index contributed by atoms with van der Waals surface area (Å²) in [7, 11) is 1.88. The maximum atomic E-state index is 4.42. The molecule has 3 rings (SSSR count). The molecule has 22 heavy (non-hydrogen) atoms. The van der Waals surface area contributed by atoms with Crippen LogP contribution in [0, 0.1) is 6.92 Å². The number of aromatic amines is 1. The predicted molar refractivity (Wildman–Crippen MR) is 87.0 cm³/mol. The number of rotatable bonds is 6. The Balaban J connectivity index is 1.59. The van der Waals surface area contributed by atoms with E-state index >= 15 is 0 Å². The lowest BCUT2D eigenvalue weighted by molar-refractivity contribution is 0.570. The molecule has 0 amide bonds. The quantitative estimate of drug-likeness (QED) is 0.746. The summed E-state index contributed by atoms with van der Waals surface area (Å²) in [6.45, 7) is 4.89. The van der Waals surface area contributed by atoms with Crippen LogP contribution in [0.15, 0.2) is 18.6 Å². The first-order valence-electron chi connectivity index (χ1n) is 7.74. The number of nitrogens with zero attached hydrogens (tertiary/aromatic N) is 4. The standard InChI is InChI=1S/C15H23N7/c1-11-12(8-20-21-11)7-17-9-13-4-3-5-22(13)15-6-14(16-2)18-10-19-15/h6,8,10,13,17H,3-5,7,9H2,1-2H3,(H,20,21)(H,16,18,19)/t13-/m0/s1. The molecule has 1 fully saturated rings. The second-order valence-electron chi connectivity index (χ2n) is 5.65. The molecule has 1 atom stereocenters. The van der Waals surface area contributed by atoms with Gasteiger partial charge in [0, 0.05) is 50.0 Å². The van der Waals surface area contributed by atoms with Crippen LogP contribution in [0.4, 0.5) is 11.6 Å². The van der Waals surface area contributed by atoms with E-state index in [1.165, 1.54) is 18.4 Å². The van der Waals surface area contributed by atoms with Crippen molar-refractivity contribution in [3.05, 3.63) is 29.8 Å². The average Bonchev–Trinajstić information content (AvgIpc) is 3.17. The van der Waals surface area contributed by atoms with Crippen molar-refractivity contribution in [2.24, 2.45) is 0 Å². The van der Waals surface area contributed by atoms with Crippen molar-refractivity contribution in [3.63, 3.8) is 0 Å². The fourth-order valence-electron chi connectivity index (χ4n) is 2.92. The summed E-state index contributed by atoms with van der Waals surface area (Å²) in [5.41, 5.74) is 2.36. The fourth-order valence-corrected chi connectivity index (χ4v) is 2.92.